The highest BCUT2D eigenvalue weighted by Gasteiger charge is 2.27. The molecular weight excluding hydrogens is 318 g/mol. The van der Waals surface area contributed by atoms with Crippen molar-refractivity contribution in [2.45, 2.75) is 37.4 Å². The maximum Gasteiger partial charge on any atom is 0.236 e. The molecule has 1 aliphatic carbocycles. The van der Waals surface area contributed by atoms with Gasteiger partial charge in [-0.2, -0.15) is 0 Å². The van der Waals surface area contributed by atoms with Crippen LogP contribution < -0.4 is 10.5 Å². The van der Waals surface area contributed by atoms with Gasteiger partial charge in [-0.3, -0.25) is 4.72 Å². The van der Waals surface area contributed by atoms with Crippen LogP contribution in [0.4, 0.5) is 11.5 Å². The minimum Gasteiger partial charge on any atom is -0.397 e. The number of rotatable bonds is 3. The molecule has 0 saturated heterocycles. The number of halogens is 1. The van der Waals surface area contributed by atoms with Crippen molar-refractivity contribution in [2.24, 2.45) is 0 Å². The minimum absolute atomic E-state index is 0.301. The third kappa shape index (κ3) is 3.14. The quantitative estimate of drug-likeness (QED) is 0.889. The van der Waals surface area contributed by atoms with Crippen molar-refractivity contribution >= 4 is 37.5 Å². The van der Waals surface area contributed by atoms with Gasteiger partial charge in [0.1, 0.15) is 0 Å². The molecule has 5 nitrogen and oxygen atoms in total. The summed E-state index contributed by atoms with van der Waals surface area (Å²) in [7, 11) is -3.36. The van der Waals surface area contributed by atoms with E-state index in [0.717, 1.165) is 32.1 Å². The van der Waals surface area contributed by atoms with E-state index in [4.69, 9.17) is 5.73 Å². The number of nitrogens with zero attached hydrogens (tertiary/aromatic N) is 1. The Hall–Kier alpha value is -0.820. The van der Waals surface area contributed by atoms with Gasteiger partial charge in [-0.05, 0) is 34.8 Å². The normalized spacial score (nSPS) is 17.6. The Labute approximate surface area is 115 Å². The summed E-state index contributed by atoms with van der Waals surface area (Å²) in [5, 5.41) is -0.308. The number of aromatic nitrogens is 1. The number of hydrogen-bond acceptors (Lipinski definition) is 4. The lowest BCUT2D eigenvalue weighted by molar-refractivity contribution is 0.486. The first-order valence-corrected chi connectivity index (χ1v) is 8.25. The fourth-order valence-electron chi connectivity index (χ4n) is 2.12. The zero-order valence-corrected chi connectivity index (χ0v) is 12.3. The second-order valence-corrected chi connectivity index (χ2v) is 7.32. The van der Waals surface area contributed by atoms with Gasteiger partial charge in [0, 0.05) is 0 Å². The van der Waals surface area contributed by atoms with E-state index in [1.54, 1.807) is 6.07 Å². The summed E-state index contributed by atoms with van der Waals surface area (Å²) in [5.74, 6) is 0.301. The molecular formula is C11H16BrN3O2S. The molecule has 0 aliphatic heterocycles. The van der Waals surface area contributed by atoms with Crippen LogP contribution in [0, 0.1) is 0 Å². The largest absolute Gasteiger partial charge is 0.397 e. The number of pyridine rings is 1. The second-order valence-electron chi connectivity index (χ2n) is 4.51. The van der Waals surface area contributed by atoms with Crippen molar-refractivity contribution in [3.8, 4) is 0 Å². The Morgan fingerprint density at radius 2 is 2.00 bits per heavy atom. The Morgan fingerprint density at radius 1 is 1.33 bits per heavy atom. The number of sulfonamides is 1. The van der Waals surface area contributed by atoms with Gasteiger partial charge in [-0.25, -0.2) is 13.4 Å². The standard InChI is InChI=1S/C11H16BrN3O2S/c12-10-6-8(13)7-14-11(10)15-18(16,17)9-4-2-1-3-5-9/h6-7,9H,1-5,13H2,(H,14,15). The average molecular weight is 334 g/mol. The molecule has 1 saturated carbocycles. The van der Waals surface area contributed by atoms with Gasteiger partial charge in [0.15, 0.2) is 5.82 Å². The molecule has 2 rings (SSSR count). The highest BCUT2D eigenvalue weighted by molar-refractivity contribution is 9.10. The van der Waals surface area contributed by atoms with Crippen LogP contribution in [-0.2, 0) is 10.0 Å². The third-order valence-electron chi connectivity index (χ3n) is 3.09. The Balaban J connectivity index is 2.16. The highest BCUT2D eigenvalue weighted by atomic mass is 79.9. The number of anilines is 2. The van der Waals surface area contributed by atoms with Crippen molar-refractivity contribution in [3.05, 3.63) is 16.7 Å². The average Bonchev–Trinajstić information content (AvgIpc) is 2.34. The van der Waals surface area contributed by atoms with Gasteiger partial charge in [0.2, 0.25) is 10.0 Å². The van der Waals surface area contributed by atoms with E-state index in [1.807, 2.05) is 0 Å². The SMILES string of the molecule is Nc1cnc(NS(=O)(=O)C2CCCCC2)c(Br)c1. The summed E-state index contributed by atoms with van der Waals surface area (Å²) in [6.45, 7) is 0. The molecule has 0 bridgehead atoms. The van der Waals surface area contributed by atoms with Crippen molar-refractivity contribution < 1.29 is 8.42 Å². The smallest absolute Gasteiger partial charge is 0.236 e. The van der Waals surface area contributed by atoms with Crippen LogP contribution in [0.15, 0.2) is 16.7 Å². The first-order chi connectivity index (χ1) is 8.49. The molecule has 0 amide bonds. The number of nitrogens with one attached hydrogen (secondary N) is 1. The molecule has 3 N–H and O–H groups in total. The van der Waals surface area contributed by atoms with E-state index in [9.17, 15) is 8.42 Å². The van der Waals surface area contributed by atoms with Crippen LogP contribution in [-0.4, -0.2) is 18.7 Å². The van der Waals surface area contributed by atoms with Crippen LogP contribution in [0.3, 0.4) is 0 Å². The predicted molar refractivity (Wildman–Crippen MR) is 75.8 cm³/mol. The lowest BCUT2D eigenvalue weighted by atomic mass is 10.0. The zero-order valence-electron chi connectivity index (χ0n) is 9.89. The van der Waals surface area contributed by atoms with E-state index in [-0.39, 0.29) is 5.25 Å². The fraction of sp³-hybridized carbons (Fsp3) is 0.545. The summed E-state index contributed by atoms with van der Waals surface area (Å²) < 4.78 is 27.5. The summed E-state index contributed by atoms with van der Waals surface area (Å²) in [5.41, 5.74) is 6.05. The van der Waals surface area contributed by atoms with Crippen molar-refractivity contribution in [2.75, 3.05) is 10.5 Å². The maximum absolute atomic E-state index is 12.2. The summed E-state index contributed by atoms with van der Waals surface area (Å²) >= 11 is 3.25. The van der Waals surface area contributed by atoms with Crippen LogP contribution in [0.1, 0.15) is 32.1 Å². The Bertz CT molecular complexity index is 527. The van der Waals surface area contributed by atoms with Gasteiger partial charge in [0.25, 0.3) is 0 Å². The molecule has 0 atom stereocenters. The highest BCUT2D eigenvalue weighted by Crippen LogP contribution is 2.27. The van der Waals surface area contributed by atoms with Crippen molar-refractivity contribution in [1.29, 1.82) is 0 Å². The fourth-order valence-corrected chi connectivity index (χ4v) is 4.27. The molecule has 0 aromatic carbocycles. The molecule has 0 unspecified atom stereocenters. The van der Waals surface area contributed by atoms with E-state index in [0.29, 0.717) is 16.0 Å². The first kappa shape index (κ1) is 13.6. The number of nitrogens with two attached hydrogens (primary N) is 1. The van der Waals surface area contributed by atoms with Gasteiger partial charge in [-0.15, -0.1) is 0 Å². The van der Waals surface area contributed by atoms with Crippen LogP contribution in [0.25, 0.3) is 0 Å². The predicted octanol–water partition coefficient (Wildman–Crippen LogP) is 2.50. The summed E-state index contributed by atoms with van der Waals surface area (Å²) in [6, 6.07) is 1.63. The van der Waals surface area contributed by atoms with E-state index in [2.05, 4.69) is 25.6 Å². The van der Waals surface area contributed by atoms with E-state index < -0.39 is 10.0 Å². The van der Waals surface area contributed by atoms with Gasteiger partial charge >= 0.3 is 0 Å². The van der Waals surface area contributed by atoms with Crippen LogP contribution >= 0.6 is 15.9 Å². The van der Waals surface area contributed by atoms with Gasteiger partial charge in [-0.1, -0.05) is 19.3 Å². The van der Waals surface area contributed by atoms with Crippen LogP contribution in [0.2, 0.25) is 0 Å². The maximum atomic E-state index is 12.2. The molecule has 100 valence electrons. The summed E-state index contributed by atoms with van der Waals surface area (Å²) in [6.07, 6.45) is 5.95. The molecule has 1 fully saturated rings. The van der Waals surface area contributed by atoms with Crippen molar-refractivity contribution in [1.82, 2.24) is 4.98 Å². The van der Waals surface area contributed by atoms with Gasteiger partial charge < -0.3 is 5.73 Å². The van der Waals surface area contributed by atoms with E-state index >= 15 is 0 Å². The number of nitrogen functional groups attached to an aromatic ring is 1. The monoisotopic (exact) mass is 333 g/mol. The molecule has 0 radical (unpaired) electrons. The molecule has 1 heterocycles. The molecule has 7 heteroatoms. The minimum atomic E-state index is -3.36. The first-order valence-electron chi connectivity index (χ1n) is 5.92. The molecule has 18 heavy (non-hydrogen) atoms. The third-order valence-corrected chi connectivity index (χ3v) is 5.52. The van der Waals surface area contributed by atoms with Crippen LogP contribution in [0.5, 0.6) is 0 Å². The van der Waals surface area contributed by atoms with E-state index in [1.165, 1.54) is 6.20 Å². The Morgan fingerprint density at radius 3 is 2.61 bits per heavy atom. The van der Waals surface area contributed by atoms with Gasteiger partial charge in [0.05, 0.1) is 21.6 Å². The Kier molecular flexibility index (Phi) is 4.11. The molecule has 1 aliphatic rings. The second kappa shape index (κ2) is 5.44. The number of hydrogen-bond donors (Lipinski definition) is 2. The lowest BCUT2D eigenvalue weighted by Gasteiger charge is -2.22. The molecule has 1 aromatic rings. The summed E-state index contributed by atoms with van der Waals surface area (Å²) in [4.78, 5) is 4.00. The lowest BCUT2D eigenvalue weighted by Crippen LogP contribution is -2.30. The molecule has 0 spiro atoms. The zero-order chi connectivity index (χ0) is 13.2. The molecule has 1 aromatic heterocycles. The van der Waals surface area contributed by atoms with Crippen molar-refractivity contribution in [3.63, 3.8) is 0 Å². The topological polar surface area (TPSA) is 85.1 Å².